The molecule has 2 aliphatic heterocycles. The van der Waals surface area contributed by atoms with Crippen molar-refractivity contribution in [1.29, 1.82) is 0 Å². The molecule has 126 valence electrons. The van der Waals surface area contributed by atoms with E-state index in [1.54, 1.807) is 0 Å². The number of amides is 1. The van der Waals surface area contributed by atoms with E-state index < -0.39 is 0 Å². The fourth-order valence-corrected chi connectivity index (χ4v) is 4.00. The van der Waals surface area contributed by atoms with Gasteiger partial charge in [0.1, 0.15) is 0 Å². The van der Waals surface area contributed by atoms with Crippen molar-refractivity contribution < 1.29 is 9.53 Å². The number of piperidine rings is 1. The van der Waals surface area contributed by atoms with E-state index in [1.807, 2.05) is 17.9 Å². The minimum atomic E-state index is 0.117. The van der Waals surface area contributed by atoms with E-state index in [0.29, 0.717) is 12.0 Å². The van der Waals surface area contributed by atoms with Gasteiger partial charge in [0, 0.05) is 62.9 Å². The maximum atomic E-state index is 12.6. The summed E-state index contributed by atoms with van der Waals surface area (Å²) in [4.78, 5) is 15.0. The Bertz CT molecular complexity index is 569. The molecule has 0 spiro atoms. The van der Waals surface area contributed by atoms with E-state index in [2.05, 4.69) is 21.5 Å². The molecule has 3 aliphatic rings. The second kappa shape index (κ2) is 6.24. The summed E-state index contributed by atoms with van der Waals surface area (Å²) in [5.41, 5.74) is 1.24. The monoisotopic (exact) mass is 318 g/mol. The molecule has 1 aromatic rings. The van der Waals surface area contributed by atoms with Gasteiger partial charge in [0.2, 0.25) is 5.91 Å². The lowest BCUT2D eigenvalue weighted by Gasteiger charge is -2.44. The number of likely N-dealkylation sites (tertiary alicyclic amines) is 1. The summed E-state index contributed by atoms with van der Waals surface area (Å²) >= 11 is 0. The van der Waals surface area contributed by atoms with E-state index in [-0.39, 0.29) is 17.9 Å². The van der Waals surface area contributed by atoms with Crippen LogP contribution in [0.5, 0.6) is 0 Å². The Kier molecular flexibility index (Phi) is 4.11. The number of carbonyl (C=O) groups is 1. The first-order valence-corrected chi connectivity index (χ1v) is 8.81. The van der Waals surface area contributed by atoms with Gasteiger partial charge >= 0.3 is 0 Å². The highest BCUT2D eigenvalue weighted by Crippen LogP contribution is 2.34. The largest absolute Gasteiger partial charge is 0.378 e. The predicted octanol–water partition coefficient (Wildman–Crippen LogP) is 0.926. The van der Waals surface area contributed by atoms with Gasteiger partial charge in [-0.15, -0.1) is 0 Å². The molecule has 23 heavy (non-hydrogen) atoms. The lowest BCUT2D eigenvalue weighted by Crippen LogP contribution is -2.53. The van der Waals surface area contributed by atoms with Crippen LogP contribution in [0.4, 0.5) is 0 Å². The molecule has 6 heteroatoms. The van der Waals surface area contributed by atoms with E-state index in [1.165, 1.54) is 5.56 Å². The number of nitrogens with one attached hydrogen (secondary N) is 1. The Morgan fingerprint density at radius 1 is 1.39 bits per heavy atom. The van der Waals surface area contributed by atoms with Gasteiger partial charge in [0.25, 0.3) is 0 Å². The van der Waals surface area contributed by atoms with Gasteiger partial charge in [-0.1, -0.05) is 0 Å². The minimum absolute atomic E-state index is 0.117. The number of fused-ring (bicyclic) bond motifs is 1. The average Bonchev–Trinajstić information content (AvgIpc) is 3.27. The zero-order chi connectivity index (χ0) is 15.8. The normalized spacial score (nSPS) is 31.6. The van der Waals surface area contributed by atoms with Crippen molar-refractivity contribution in [1.82, 2.24) is 20.0 Å². The van der Waals surface area contributed by atoms with Crippen molar-refractivity contribution in [2.24, 2.45) is 18.9 Å². The molecular formula is C17H26N4O2. The molecule has 4 rings (SSSR count). The van der Waals surface area contributed by atoms with Gasteiger partial charge in [-0.25, -0.2) is 0 Å². The molecule has 1 amide bonds. The van der Waals surface area contributed by atoms with Gasteiger partial charge in [0.05, 0.1) is 12.3 Å². The Morgan fingerprint density at radius 2 is 2.26 bits per heavy atom. The van der Waals surface area contributed by atoms with Crippen LogP contribution in [-0.2, 0) is 23.1 Å². The lowest BCUT2D eigenvalue weighted by molar-refractivity contribution is -0.142. The van der Waals surface area contributed by atoms with Gasteiger partial charge < -0.3 is 10.1 Å². The highest BCUT2D eigenvalue weighted by Gasteiger charge is 2.42. The Balaban J connectivity index is 1.41. The van der Waals surface area contributed by atoms with Crippen molar-refractivity contribution in [2.45, 2.75) is 44.4 Å². The zero-order valence-electron chi connectivity index (χ0n) is 13.8. The molecule has 2 saturated heterocycles. The van der Waals surface area contributed by atoms with Crippen LogP contribution in [0.2, 0.25) is 0 Å². The van der Waals surface area contributed by atoms with Gasteiger partial charge in [-0.05, 0) is 25.7 Å². The van der Waals surface area contributed by atoms with E-state index in [0.717, 1.165) is 51.9 Å². The van der Waals surface area contributed by atoms with Crippen molar-refractivity contribution in [3.05, 3.63) is 18.0 Å². The maximum absolute atomic E-state index is 12.6. The fraction of sp³-hybridized carbons (Fsp3) is 0.765. The smallest absolute Gasteiger partial charge is 0.223 e. The van der Waals surface area contributed by atoms with Crippen LogP contribution in [0.1, 0.15) is 31.2 Å². The SMILES string of the molecule is Cn1cc(CN2CC[C@@H]3OCC[C@H](C(=O)NC4CC4)[C@@H]3C2)cn1. The Hall–Kier alpha value is -1.40. The zero-order valence-corrected chi connectivity index (χ0v) is 13.8. The molecule has 1 saturated carbocycles. The topological polar surface area (TPSA) is 59.4 Å². The number of rotatable bonds is 4. The molecule has 1 aromatic heterocycles. The predicted molar refractivity (Wildman–Crippen MR) is 85.6 cm³/mol. The molecule has 0 bridgehead atoms. The molecule has 3 atom stereocenters. The third-order valence-corrected chi connectivity index (χ3v) is 5.38. The van der Waals surface area contributed by atoms with E-state index in [4.69, 9.17) is 4.74 Å². The highest BCUT2D eigenvalue weighted by molar-refractivity contribution is 5.79. The fourth-order valence-electron chi connectivity index (χ4n) is 4.00. The quantitative estimate of drug-likeness (QED) is 0.897. The molecule has 6 nitrogen and oxygen atoms in total. The number of aromatic nitrogens is 2. The standard InChI is InChI=1S/C17H26N4O2/c1-20-9-12(8-18-20)10-21-6-4-16-15(11-21)14(5-7-23-16)17(22)19-13-2-3-13/h8-9,13-16H,2-7,10-11H2,1H3,(H,19,22)/t14-,15-,16-/m0/s1. The van der Waals surface area contributed by atoms with Gasteiger partial charge in [-0.3, -0.25) is 14.4 Å². The van der Waals surface area contributed by atoms with Crippen molar-refractivity contribution in [2.75, 3.05) is 19.7 Å². The first-order valence-electron chi connectivity index (χ1n) is 8.81. The summed E-state index contributed by atoms with van der Waals surface area (Å²) in [6.45, 7) is 3.62. The van der Waals surface area contributed by atoms with Crippen LogP contribution < -0.4 is 5.32 Å². The van der Waals surface area contributed by atoms with Crippen LogP contribution in [-0.4, -0.2) is 52.4 Å². The summed E-state index contributed by atoms with van der Waals surface area (Å²) < 4.78 is 7.81. The number of hydrogen-bond donors (Lipinski definition) is 1. The van der Waals surface area contributed by atoms with Crippen molar-refractivity contribution in [3.63, 3.8) is 0 Å². The molecule has 1 N–H and O–H groups in total. The molecule has 3 fully saturated rings. The van der Waals surface area contributed by atoms with Crippen LogP contribution in [0.15, 0.2) is 12.4 Å². The summed E-state index contributed by atoms with van der Waals surface area (Å²) in [6, 6.07) is 0.443. The van der Waals surface area contributed by atoms with Crippen LogP contribution in [0, 0.1) is 11.8 Å². The van der Waals surface area contributed by atoms with Crippen molar-refractivity contribution >= 4 is 5.91 Å². The lowest BCUT2D eigenvalue weighted by atomic mass is 9.79. The summed E-state index contributed by atoms with van der Waals surface area (Å²) in [5, 5.41) is 7.45. The second-order valence-electron chi connectivity index (χ2n) is 7.30. The third-order valence-electron chi connectivity index (χ3n) is 5.38. The number of nitrogens with zero attached hydrogens (tertiary/aromatic N) is 3. The van der Waals surface area contributed by atoms with Crippen LogP contribution >= 0.6 is 0 Å². The molecular weight excluding hydrogens is 292 g/mol. The van der Waals surface area contributed by atoms with Crippen LogP contribution in [0.3, 0.4) is 0 Å². The van der Waals surface area contributed by atoms with E-state index in [9.17, 15) is 4.79 Å². The number of aryl methyl sites for hydroxylation is 1. The number of carbonyl (C=O) groups excluding carboxylic acids is 1. The summed E-state index contributed by atoms with van der Waals surface area (Å²) in [6.07, 6.45) is 8.44. The molecule has 3 heterocycles. The average molecular weight is 318 g/mol. The molecule has 0 unspecified atom stereocenters. The summed E-state index contributed by atoms with van der Waals surface area (Å²) in [5.74, 6) is 0.702. The minimum Gasteiger partial charge on any atom is -0.378 e. The number of hydrogen-bond acceptors (Lipinski definition) is 4. The van der Waals surface area contributed by atoms with Crippen molar-refractivity contribution in [3.8, 4) is 0 Å². The Labute approximate surface area is 137 Å². The molecule has 0 aromatic carbocycles. The highest BCUT2D eigenvalue weighted by atomic mass is 16.5. The third kappa shape index (κ3) is 3.43. The maximum Gasteiger partial charge on any atom is 0.223 e. The van der Waals surface area contributed by atoms with Gasteiger partial charge in [0.15, 0.2) is 0 Å². The Morgan fingerprint density at radius 3 is 3.00 bits per heavy atom. The van der Waals surface area contributed by atoms with Crippen LogP contribution in [0.25, 0.3) is 0 Å². The first-order chi connectivity index (χ1) is 11.2. The second-order valence-corrected chi connectivity index (χ2v) is 7.30. The summed E-state index contributed by atoms with van der Waals surface area (Å²) in [7, 11) is 1.95. The number of ether oxygens (including phenoxy) is 1. The van der Waals surface area contributed by atoms with E-state index >= 15 is 0 Å². The molecule has 0 radical (unpaired) electrons. The first kappa shape index (κ1) is 15.1. The molecule has 1 aliphatic carbocycles. The van der Waals surface area contributed by atoms with Gasteiger partial charge in [-0.2, -0.15) is 5.10 Å².